The molecule has 1 unspecified atom stereocenters. The molecular weight excluding hydrogens is 338 g/mol. The summed E-state index contributed by atoms with van der Waals surface area (Å²) in [5.41, 5.74) is 2.24. The minimum absolute atomic E-state index is 0.135. The molecule has 0 bridgehead atoms. The molecule has 0 saturated heterocycles. The first-order chi connectivity index (χ1) is 9.65. The largest absolute Gasteiger partial charge is 0.496 e. The number of hydrogen-bond acceptors (Lipinski definition) is 2. The first-order valence-corrected chi connectivity index (χ1v) is 7.57. The van der Waals surface area contributed by atoms with Crippen molar-refractivity contribution in [3.63, 3.8) is 0 Å². The molecule has 0 aliphatic rings. The zero-order valence-electron chi connectivity index (χ0n) is 11.5. The van der Waals surface area contributed by atoms with E-state index in [1.165, 1.54) is 0 Å². The lowest BCUT2D eigenvalue weighted by molar-refractivity contribution is 0.406. The van der Waals surface area contributed by atoms with Crippen LogP contribution in [0.3, 0.4) is 0 Å². The van der Waals surface area contributed by atoms with Crippen molar-refractivity contribution >= 4 is 27.5 Å². The third-order valence-electron chi connectivity index (χ3n) is 3.30. The minimum Gasteiger partial charge on any atom is -0.496 e. The van der Waals surface area contributed by atoms with Crippen LogP contribution in [0, 0.1) is 0 Å². The predicted octanol–water partition coefficient (Wildman–Crippen LogP) is 4.61. The van der Waals surface area contributed by atoms with E-state index in [2.05, 4.69) is 33.4 Å². The minimum atomic E-state index is 0.135. The van der Waals surface area contributed by atoms with Gasteiger partial charge in [-0.25, -0.2) is 0 Å². The highest BCUT2D eigenvalue weighted by Gasteiger charge is 2.16. The lowest BCUT2D eigenvalue weighted by atomic mass is 9.98. The van der Waals surface area contributed by atoms with E-state index in [4.69, 9.17) is 16.3 Å². The van der Waals surface area contributed by atoms with E-state index in [1.54, 1.807) is 7.11 Å². The van der Waals surface area contributed by atoms with Crippen molar-refractivity contribution in [1.29, 1.82) is 0 Å². The van der Waals surface area contributed by atoms with E-state index in [0.29, 0.717) is 0 Å². The Balaban J connectivity index is 2.31. The molecule has 0 amide bonds. The molecule has 0 aliphatic heterocycles. The summed E-state index contributed by atoms with van der Waals surface area (Å²) in [6, 6.07) is 14.1. The lowest BCUT2D eigenvalue weighted by Crippen LogP contribution is -2.19. The summed E-state index contributed by atoms with van der Waals surface area (Å²) in [6.07, 6.45) is 0.816. The fourth-order valence-corrected chi connectivity index (χ4v) is 2.87. The first-order valence-electron chi connectivity index (χ1n) is 6.39. The van der Waals surface area contributed by atoms with Gasteiger partial charge in [0.1, 0.15) is 5.75 Å². The van der Waals surface area contributed by atoms with Gasteiger partial charge in [-0.15, -0.1) is 0 Å². The molecule has 2 aromatic rings. The van der Waals surface area contributed by atoms with Crippen LogP contribution in [0.1, 0.15) is 17.2 Å². The molecule has 0 aliphatic carbocycles. The second-order valence-corrected chi connectivity index (χ2v) is 5.85. The zero-order valence-corrected chi connectivity index (χ0v) is 13.8. The summed E-state index contributed by atoms with van der Waals surface area (Å²) in [5, 5.41) is 4.09. The maximum Gasteiger partial charge on any atom is 0.122 e. The molecular formula is C16H17BrClNO. The average Bonchev–Trinajstić information content (AvgIpc) is 2.48. The van der Waals surface area contributed by atoms with E-state index in [1.807, 2.05) is 37.4 Å². The fraction of sp³-hybridized carbons (Fsp3) is 0.250. The van der Waals surface area contributed by atoms with Crippen molar-refractivity contribution in [1.82, 2.24) is 5.32 Å². The molecule has 2 nitrogen and oxygen atoms in total. The molecule has 1 atom stereocenters. The van der Waals surface area contributed by atoms with Gasteiger partial charge in [-0.1, -0.05) is 45.7 Å². The van der Waals surface area contributed by atoms with Crippen LogP contribution in [0.5, 0.6) is 5.75 Å². The number of ether oxygens (including phenoxy) is 1. The van der Waals surface area contributed by atoms with Gasteiger partial charge in [0.25, 0.3) is 0 Å². The van der Waals surface area contributed by atoms with Crippen LogP contribution in [0.15, 0.2) is 46.9 Å². The molecule has 2 aromatic carbocycles. The van der Waals surface area contributed by atoms with Gasteiger partial charge in [-0.2, -0.15) is 0 Å². The van der Waals surface area contributed by atoms with Gasteiger partial charge in [0.05, 0.1) is 7.11 Å². The van der Waals surface area contributed by atoms with Crippen LogP contribution >= 0.6 is 27.5 Å². The molecule has 20 heavy (non-hydrogen) atoms. The molecule has 4 heteroatoms. The number of rotatable bonds is 5. The monoisotopic (exact) mass is 353 g/mol. The Morgan fingerprint density at radius 1 is 1.25 bits per heavy atom. The zero-order chi connectivity index (χ0) is 14.5. The summed E-state index contributed by atoms with van der Waals surface area (Å²) in [4.78, 5) is 0. The van der Waals surface area contributed by atoms with Gasteiger partial charge in [-0.3, -0.25) is 0 Å². The van der Waals surface area contributed by atoms with Crippen molar-refractivity contribution in [2.24, 2.45) is 0 Å². The van der Waals surface area contributed by atoms with Gasteiger partial charge < -0.3 is 10.1 Å². The number of methoxy groups -OCH3 is 1. The first kappa shape index (κ1) is 15.4. The Bertz CT molecular complexity index is 588. The normalized spacial score (nSPS) is 12.2. The molecule has 1 N–H and O–H groups in total. The number of hydrogen-bond donors (Lipinski definition) is 1. The Hall–Kier alpha value is -1.03. The molecule has 0 radical (unpaired) electrons. The van der Waals surface area contributed by atoms with Gasteiger partial charge in [0, 0.05) is 15.5 Å². The Morgan fingerprint density at radius 2 is 2.00 bits per heavy atom. The third-order valence-corrected chi connectivity index (χ3v) is 4.14. The molecule has 0 heterocycles. The maximum absolute atomic E-state index is 6.32. The van der Waals surface area contributed by atoms with Crippen molar-refractivity contribution in [2.75, 3.05) is 14.2 Å². The third kappa shape index (κ3) is 3.54. The lowest BCUT2D eigenvalue weighted by Gasteiger charge is -2.19. The van der Waals surface area contributed by atoms with Crippen molar-refractivity contribution < 1.29 is 4.74 Å². The van der Waals surface area contributed by atoms with Crippen LogP contribution in [-0.2, 0) is 6.42 Å². The summed E-state index contributed by atoms with van der Waals surface area (Å²) in [7, 11) is 3.64. The van der Waals surface area contributed by atoms with Crippen LogP contribution in [0.4, 0.5) is 0 Å². The predicted molar refractivity (Wildman–Crippen MR) is 87.7 cm³/mol. The summed E-state index contributed by atoms with van der Waals surface area (Å²) in [5.74, 6) is 0.902. The Morgan fingerprint density at radius 3 is 2.70 bits per heavy atom. The van der Waals surface area contributed by atoms with Crippen LogP contribution in [0.2, 0.25) is 5.02 Å². The smallest absolute Gasteiger partial charge is 0.122 e. The molecule has 0 spiro atoms. The van der Waals surface area contributed by atoms with E-state index >= 15 is 0 Å². The van der Waals surface area contributed by atoms with Crippen LogP contribution in [0.25, 0.3) is 0 Å². The van der Waals surface area contributed by atoms with E-state index in [-0.39, 0.29) is 6.04 Å². The summed E-state index contributed by atoms with van der Waals surface area (Å²) >= 11 is 9.81. The summed E-state index contributed by atoms with van der Waals surface area (Å²) in [6.45, 7) is 0. The highest BCUT2D eigenvalue weighted by atomic mass is 79.9. The van der Waals surface area contributed by atoms with Gasteiger partial charge in [-0.05, 0) is 48.9 Å². The highest BCUT2D eigenvalue weighted by molar-refractivity contribution is 9.10. The molecule has 0 fully saturated rings. The van der Waals surface area contributed by atoms with Crippen molar-refractivity contribution in [3.05, 3.63) is 63.1 Å². The number of benzene rings is 2. The molecule has 0 aromatic heterocycles. The van der Waals surface area contributed by atoms with Gasteiger partial charge >= 0.3 is 0 Å². The topological polar surface area (TPSA) is 21.3 Å². The second-order valence-electron chi connectivity index (χ2n) is 4.52. The quantitative estimate of drug-likeness (QED) is 0.846. The van der Waals surface area contributed by atoms with Crippen LogP contribution in [-0.4, -0.2) is 14.2 Å². The Kier molecular flexibility index (Phi) is 5.46. The highest BCUT2D eigenvalue weighted by Crippen LogP contribution is 2.30. The summed E-state index contributed by atoms with van der Waals surface area (Å²) < 4.78 is 6.44. The maximum atomic E-state index is 6.32. The number of halogens is 2. The average molecular weight is 355 g/mol. The van der Waals surface area contributed by atoms with Crippen molar-refractivity contribution in [2.45, 2.75) is 12.5 Å². The number of nitrogens with one attached hydrogen (secondary N) is 1. The van der Waals surface area contributed by atoms with Gasteiger partial charge in [0.2, 0.25) is 0 Å². The number of likely N-dealkylation sites (N-methyl/N-ethyl adjacent to an activating group) is 1. The standard InChI is InChI=1S/C16H17BrClNO/c1-19-15(13-10-12(17)7-8-14(13)18)9-11-5-3-4-6-16(11)20-2/h3-8,10,15,19H,9H2,1-2H3. The molecule has 106 valence electrons. The SMILES string of the molecule is CNC(Cc1ccccc1OC)c1cc(Br)ccc1Cl. The van der Waals surface area contributed by atoms with E-state index < -0.39 is 0 Å². The van der Waals surface area contributed by atoms with Crippen molar-refractivity contribution in [3.8, 4) is 5.75 Å². The van der Waals surface area contributed by atoms with Crippen LogP contribution < -0.4 is 10.1 Å². The number of para-hydroxylation sites is 1. The van der Waals surface area contributed by atoms with E-state index in [9.17, 15) is 0 Å². The van der Waals surface area contributed by atoms with E-state index in [0.717, 1.165) is 32.8 Å². The molecule has 0 saturated carbocycles. The van der Waals surface area contributed by atoms with Gasteiger partial charge in [0.15, 0.2) is 0 Å². The fourth-order valence-electron chi connectivity index (χ4n) is 2.24. The Labute approximate surface area is 133 Å². The second kappa shape index (κ2) is 7.11. The molecule has 2 rings (SSSR count).